The Hall–Kier alpha value is -0.410. The maximum atomic E-state index is 5.03. The molecule has 2 nitrogen and oxygen atoms in total. The maximum absolute atomic E-state index is 5.03. The molecule has 0 aliphatic carbocycles. The summed E-state index contributed by atoms with van der Waals surface area (Å²) in [7, 11) is 0. The van der Waals surface area contributed by atoms with E-state index in [0.717, 1.165) is 13.1 Å². The Kier molecular flexibility index (Phi) is 2.19. The van der Waals surface area contributed by atoms with Crippen LogP contribution >= 0.6 is 11.8 Å². The van der Waals surface area contributed by atoms with E-state index in [1.807, 2.05) is 24.1 Å². The Morgan fingerprint density at radius 2 is 2.64 bits per heavy atom. The van der Waals surface area contributed by atoms with Crippen molar-refractivity contribution in [2.45, 2.75) is 5.25 Å². The van der Waals surface area contributed by atoms with Gasteiger partial charge in [0.05, 0.1) is 12.5 Å². The molecule has 1 N–H and O–H groups in total. The summed E-state index contributed by atoms with van der Waals surface area (Å²) in [5.74, 6) is 1.20. The first-order valence-electron chi connectivity index (χ1n) is 3.81. The first-order chi connectivity index (χ1) is 5.47. The molecule has 1 atom stereocenters. The summed E-state index contributed by atoms with van der Waals surface area (Å²) >= 11 is 2.00. The zero-order valence-electron chi connectivity index (χ0n) is 6.25. The molecule has 11 heavy (non-hydrogen) atoms. The van der Waals surface area contributed by atoms with Gasteiger partial charge in [-0.1, -0.05) is 0 Å². The molecular weight excluding hydrogens is 158 g/mol. The fourth-order valence-electron chi connectivity index (χ4n) is 1.24. The molecule has 0 spiro atoms. The molecule has 1 aromatic heterocycles. The van der Waals surface area contributed by atoms with Crippen LogP contribution in [0, 0.1) is 0 Å². The van der Waals surface area contributed by atoms with Gasteiger partial charge in [0.15, 0.2) is 0 Å². The van der Waals surface area contributed by atoms with E-state index in [1.54, 1.807) is 6.26 Å². The molecule has 1 saturated heterocycles. The van der Waals surface area contributed by atoms with E-state index in [0.29, 0.717) is 5.25 Å². The summed E-state index contributed by atoms with van der Waals surface area (Å²) in [6.45, 7) is 2.21. The lowest BCUT2D eigenvalue weighted by atomic mass is 10.2. The second kappa shape index (κ2) is 3.32. The highest BCUT2D eigenvalue weighted by Crippen LogP contribution is 2.29. The third-order valence-electron chi connectivity index (χ3n) is 1.84. The van der Waals surface area contributed by atoms with Crippen molar-refractivity contribution in [3.63, 3.8) is 0 Å². The van der Waals surface area contributed by atoms with Crippen LogP contribution in [-0.4, -0.2) is 18.8 Å². The predicted molar refractivity (Wildman–Crippen MR) is 46.8 cm³/mol. The van der Waals surface area contributed by atoms with Crippen LogP contribution < -0.4 is 5.32 Å². The lowest BCUT2D eigenvalue weighted by Gasteiger charge is -2.20. The lowest BCUT2D eigenvalue weighted by Crippen LogP contribution is -2.27. The molecule has 1 aliphatic heterocycles. The Balaban J connectivity index is 2.04. The molecule has 1 unspecified atom stereocenters. The van der Waals surface area contributed by atoms with E-state index in [2.05, 4.69) is 5.32 Å². The number of nitrogens with one attached hydrogen (secondary N) is 1. The van der Waals surface area contributed by atoms with Crippen molar-refractivity contribution >= 4 is 11.8 Å². The largest absolute Gasteiger partial charge is 0.472 e. The average Bonchev–Trinajstić information content (AvgIpc) is 2.58. The van der Waals surface area contributed by atoms with Crippen molar-refractivity contribution in [1.82, 2.24) is 5.32 Å². The minimum atomic E-state index is 0.600. The molecule has 3 heteroatoms. The van der Waals surface area contributed by atoms with Crippen molar-refractivity contribution in [1.29, 1.82) is 0 Å². The van der Waals surface area contributed by atoms with Gasteiger partial charge < -0.3 is 9.73 Å². The quantitative estimate of drug-likeness (QED) is 0.692. The molecule has 1 aliphatic rings. The summed E-state index contributed by atoms with van der Waals surface area (Å²) in [6, 6.07) is 2.05. The van der Waals surface area contributed by atoms with Crippen LogP contribution in [0.25, 0.3) is 0 Å². The van der Waals surface area contributed by atoms with Gasteiger partial charge in [-0.3, -0.25) is 0 Å². The molecule has 2 heterocycles. The third-order valence-corrected chi connectivity index (χ3v) is 3.12. The first kappa shape index (κ1) is 7.25. The topological polar surface area (TPSA) is 25.2 Å². The van der Waals surface area contributed by atoms with Gasteiger partial charge in [-0.2, -0.15) is 11.8 Å². The van der Waals surface area contributed by atoms with E-state index in [9.17, 15) is 0 Å². The van der Waals surface area contributed by atoms with Crippen molar-refractivity contribution < 1.29 is 4.42 Å². The summed E-state index contributed by atoms with van der Waals surface area (Å²) in [4.78, 5) is 0. The van der Waals surface area contributed by atoms with Crippen molar-refractivity contribution in [3.05, 3.63) is 24.2 Å². The molecule has 0 aromatic carbocycles. The second-order valence-electron chi connectivity index (χ2n) is 2.62. The van der Waals surface area contributed by atoms with Crippen molar-refractivity contribution in [3.8, 4) is 0 Å². The molecule has 0 radical (unpaired) electrons. The molecular formula is C8H11NOS. The van der Waals surface area contributed by atoms with E-state index in [4.69, 9.17) is 4.42 Å². The summed E-state index contributed by atoms with van der Waals surface area (Å²) in [5.41, 5.74) is 1.31. The number of hydrogen-bond acceptors (Lipinski definition) is 3. The smallest absolute Gasteiger partial charge is 0.0946 e. The highest BCUT2D eigenvalue weighted by Gasteiger charge is 2.15. The fourth-order valence-corrected chi connectivity index (χ4v) is 2.35. The van der Waals surface area contributed by atoms with Gasteiger partial charge in [-0.15, -0.1) is 0 Å². The molecule has 60 valence electrons. The molecule has 2 rings (SSSR count). The summed E-state index contributed by atoms with van der Waals surface area (Å²) < 4.78 is 5.03. The van der Waals surface area contributed by atoms with Gasteiger partial charge in [0, 0.05) is 29.7 Å². The first-order valence-corrected chi connectivity index (χ1v) is 4.86. The number of rotatable bonds is 1. The maximum Gasteiger partial charge on any atom is 0.0946 e. The van der Waals surface area contributed by atoms with Crippen LogP contribution in [-0.2, 0) is 0 Å². The van der Waals surface area contributed by atoms with Crippen molar-refractivity contribution in [2.24, 2.45) is 0 Å². The van der Waals surface area contributed by atoms with Gasteiger partial charge in [0.2, 0.25) is 0 Å². The predicted octanol–water partition coefficient (Wildman–Crippen LogP) is 1.66. The van der Waals surface area contributed by atoms with Crippen LogP contribution in [0.1, 0.15) is 10.8 Å². The fraction of sp³-hybridized carbons (Fsp3) is 0.500. The van der Waals surface area contributed by atoms with Gasteiger partial charge in [0.25, 0.3) is 0 Å². The van der Waals surface area contributed by atoms with Gasteiger partial charge >= 0.3 is 0 Å². The van der Waals surface area contributed by atoms with Gasteiger partial charge in [-0.05, 0) is 6.07 Å². The Morgan fingerprint density at radius 3 is 3.27 bits per heavy atom. The van der Waals surface area contributed by atoms with E-state index >= 15 is 0 Å². The van der Waals surface area contributed by atoms with E-state index in [-0.39, 0.29) is 0 Å². The van der Waals surface area contributed by atoms with Crippen LogP contribution in [0.4, 0.5) is 0 Å². The molecule has 1 aromatic rings. The minimum absolute atomic E-state index is 0.600. The zero-order valence-corrected chi connectivity index (χ0v) is 7.06. The standard InChI is InChI=1S/C8H11NOS/c1-3-10-6-7(1)8-5-9-2-4-11-8/h1,3,6,8-9H,2,4-5H2. The SMILES string of the molecule is c1cc(C2CNCCS2)co1. The molecule has 0 bridgehead atoms. The van der Waals surface area contributed by atoms with Crippen LogP contribution in [0.5, 0.6) is 0 Å². The van der Waals surface area contributed by atoms with Crippen LogP contribution in [0.15, 0.2) is 23.0 Å². The zero-order chi connectivity index (χ0) is 7.52. The highest BCUT2D eigenvalue weighted by molar-refractivity contribution is 7.99. The van der Waals surface area contributed by atoms with E-state index < -0.39 is 0 Å². The summed E-state index contributed by atoms with van der Waals surface area (Å²) in [6.07, 6.45) is 3.58. The highest BCUT2D eigenvalue weighted by atomic mass is 32.2. The van der Waals surface area contributed by atoms with E-state index in [1.165, 1.54) is 11.3 Å². The van der Waals surface area contributed by atoms with Gasteiger partial charge in [-0.25, -0.2) is 0 Å². The van der Waals surface area contributed by atoms with Crippen molar-refractivity contribution in [2.75, 3.05) is 18.8 Å². The average molecular weight is 169 g/mol. The molecule has 1 fully saturated rings. The molecule has 0 saturated carbocycles. The minimum Gasteiger partial charge on any atom is -0.472 e. The van der Waals surface area contributed by atoms with Crippen LogP contribution in [0.2, 0.25) is 0 Å². The monoisotopic (exact) mass is 169 g/mol. The Labute approximate surface area is 70.4 Å². The van der Waals surface area contributed by atoms with Crippen LogP contribution in [0.3, 0.4) is 0 Å². The normalized spacial score (nSPS) is 25.3. The Morgan fingerprint density at radius 1 is 1.64 bits per heavy atom. The Bertz CT molecular complexity index is 204. The third kappa shape index (κ3) is 1.60. The second-order valence-corrected chi connectivity index (χ2v) is 3.93. The van der Waals surface area contributed by atoms with Gasteiger partial charge in [0.1, 0.15) is 0 Å². The number of thioether (sulfide) groups is 1. The number of hydrogen-bond donors (Lipinski definition) is 1. The number of furan rings is 1. The molecule has 0 amide bonds. The lowest BCUT2D eigenvalue weighted by molar-refractivity contribution is 0.561. The summed E-state index contributed by atoms with van der Waals surface area (Å²) in [5, 5.41) is 3.96.